The molecule has 2 unspecified atom stereocenters. The number of amides is 2. The Balaban J connectivity index is 1.36. The fourth-order valence-electron chi connectivity index (χ4n) is 6.21. The summed E-state index contributed by atoms with van der Waals surface area (Å²) in [5, 5.41) is 6.15. The van der Waals surface area contributed by atoms with E-state index in [9.17, 15) is 9.59 Å². The Kier molecular flexibility index (Phi) is 5.10. The highest BCUT2D eigenvalue weighted by Gasteiger charge is 2.43. The summed E-state index contributed by atoms with van der Waals surface area (Å²) in [5.41, 5.74) is 5.73. The second kappa shape index (κ2) is 7.90. The molecule has 156 valence electrons. The van der Waals surface area contributed by atoms with Gasteiger partial charge in [-0.2, -0.15) is 0 Å². The lowest BCUT2D eigenvalue weighted by atomic mass is 9.59. The summed E-state index contributed by atoms with van der Waals surface area (Å²) in [4.78, 5) is 24.8. The van der Waals surface area contributed by atoms with Crippen molar-refractivity contribution in [1.82, 2.24) is 10.6 Å². The Labute approximate surface area is 178 Å². The van der Waals surface area contributed by atoms with Gasteiger partial charge in [-0.1, -0.05) is 61.4 Å². The average molecular weight is 403 g/mol. The van der Waals surface area contributed by atoms with E-state index in [0.29, 0.717) is 24.3 Å². The highest BCUT2D eigenvalue weighted by atomic mass is 16.2. The first-order chi connectivity index (χ1) is 14.6. The number of nitrogens with one attached hydrogen (secondary N) is 2. The van der Waals surface area contributed by atoms with E-state index in [1.54, 1.807) is 0 Å². The summed E-state index contributed by atoms with van der Waals surface area (Å²) in [5.74, 6) is 1.24. The molecule has 4 nitrogen and oxygen atoms in total. The Hall–Kier alpha value is -2.62. The van der Waals surface area contributed by atoms with Gasteiger partial charge in [0, 0.05) is 25.3 Å². The number of rotatable bonds is 5. The minimum Gasteiger partial charge on any atom is -0.354 e. The van der Waals surface area contributed by atoms with Crippen LogP contribution in [0.1, 0.15) is 73.1 Å². The van der Waals surface area contributed by atoms with Crippen LogP contribution in [0.15, 0.2) is 48.5 Å². The highest BCUT2D eigenvalue weighted by molar-refractivity contribution is 5.87. The first kappa shape index (κ1) is 19.3. The van der Waals surface area contributed by atoms with E-state index in [0.717, 1.165) is 32.1 Å². The quantitative estimate of drug-likeness (QED) is 0.791. The number of benzene rings is 2. The van der Waals surface area contributed by atoms with Crippen LogP contribution in [0.2, 0.25) is 0 Å². The zero-order valence-corrected chi connectivity index (χ0v) is 17.6. The SMILES string of the molecule is CC(=O)NC(C(=O)NCC1CC2c3ccccc3C1c1ccccc12)C1CCCC1. The Morgan fingerprint density at radius 1 is 0.933 bits per heavy atom. The van der Waals surface area contributed by atoms with Crippen molar-refractivity contribution >= 4 is 11.8 Å². The van der Waals surface area contributed by atoms with Crippen molar-refractivity contribution in [3.8, 4) is 0 Å². The molecule has 2 aromatic carbocycles. The molecule has 1 saturated carbocycles. The second-order valence-electron chi connectivity index (χ2n) is 9.25. The van der Waals surface area contributed by atoms with Crippen molar-refractivity contribution < 1.29 is 9.59 Å². The first-order valence-electron chi connectivity index (χ1n) is 11.4. The van der Waals surface area contributed by atoms with Gasteiger partial charge in [0.05, 0.1) is 0 Å². The van der Waals surface area contributed by atoms with Crippen LogP contribution in [-0.2, 0) is 9.59 Å². The van der Waals surface area contributed by atoms with Gasteiger partial charge >= 0.3 is 0 Å². The fraction of sp³-hybridized carbons (Fsp3) is 0.462. The summed E-state index contributed by atoms with van der Waals surface area (Å²) in [6, 6.07) is 17.2. The zero-order chi connectivity index (χ0) is 20.7. The summed E-state index contributed by atoms with van der Waals surface area (Å²) in [6.07, 6.45) is 5.40. The molecule has 30 heavy (non-hydrogen) atoms. The van der Waals surface area contributed by atoms with E-state index in [1.165, 1.54) is 29.2 Å². The monoisotopic (exact) mass is 402 g/mol. The Morgan fingerprint density at radius 3 is 2.07 bits per heavy atom. The third kappa shape index (κ3) is 3.32. The Bertz CT molecular complexity index is 916. The predicted octanol–water partition coefficient (Wildman–Crippen LogP) is 4.09. The lowest BCUT2D eigenvalue weighted by molar-refractivity contribution is -0.129. The lowest BCUT2D eigenvalue weighted by Crippen LogP contribution is -2.51. The summed E-state index contributed by atoms with van der Waals surface area (Å²) >= 11 is 0. The molecule has 4 aliphatic rings. The van der Waals surface area contributed by atoms with Gasteiger partial charge in [-0.25, -0.2) is 0 Å². The molecule has 0 radical (unpaired) electrons. The van der Waals surface area contributed by atoms with Crippen molar-refractivity contribution in [2.45, 2.75) is 56.9 Å². The van der Waals surface area contributed by atoms with Crippen LogP contribution in [0.5, 0.6) is 0 Å². The van der Waals surface area contributed by atoms with E-state index in [1.807, 2.05) is 0 Å². The molecule has 2 amide bonds. The molecule has 2 bridgehead atoms. The molecule has 0 saturated heterocycles. The van der Waals surface area contributed by atoms with Crippen molar-refractivity contribution in [3.63, 3.8) is 0 Å². The predicted molar refractivity (Wildman–Crippen MR) is 117 cm³/mol. The molecule has 1 fully saturated rings. The van der Waals surface area contributed by atoms with Gasteiger partial charge in [0.1, 0.15) is 6.04 Å². The molecule has 2 atom stereocenters. The normalized spacial score (nSPS) is 25.3. The van der Waals surface area contributed by atoms with Crippen LogP contribution in [0, 0.1) is 11.8 Å². The third-order valence-corrected chi connectivity index (χ3v) is 7.47. The van der Waals surface area contributed by atoms with Gasteiger partial charge in [-0.3, -0.25) is 9.59 Å². The van der Waals surface area contributed by atoms with E-state index in [2.05, 4.69) is 59.2 Å². The van der Waals surface area contributed by atoms with Crippen molar-refractivity contribution in [3.05, 3.63) is 70.8 Å². The van der Waals surface area contributed by atoms with E-state index < -0.39 is 6.04 Å². The summed E-state index contributed by atoms with van der Waals surface area (Å²) in [6.45, 7) is 2.16. The lowest BCUT2D eigenvalue weighted by Gasteiger charge is -2.45. The number of hydrogen-bond acceptors (Lipinski definition) is 2. The van der Waals surface area contributed by atoms with Crippen molar-refractivity contribution in [2.24, 2.45) is 11.8 Å². The highest BCUT2D eigenvalue weighted by Crippen LogP contribution is 2.55. The molecule has 2 N–H and O–H groups in total. The molecule has 0 heterocycles. The largest absolute Gasteiger partial charge is 0.354 e. The van der Waals surface area contributed by atoms with E-state index in [-0.39, 0.29) is 17.7 Å². The Morgan fingerprint density at radius 2 is 1.50 bits per heavy atom. The number of carbonyl (C=O) groups is 2. The second-order valence-corrected chi connectivity index (χ2v) is 9.25. The zero-order valence-electron chi connectivity index (χ0n) is 17.6. The van der Waals surface area contributed by atoms with Crippen LogP contribution < -0.4 is 10.6 Å². The summed E-state index contributed by atoms with van der Waals surface area (Å²) in [7, 11) is 0. The van der Waals surface area contributed by atoms with E-state index >= 15 is 0 Å². The van der Waals surface area contributed by atoms with Gasteiger partial charge in [0.25, 0.3) is 0 Å². The topological polar surface area (TPSA) is 58.2 Å². The number of carbonyl (C=O) groups excluding carboxylic acids is 2. The number of fused-ring (bicyclic) bond motifs is 1. The van der Waals surface area contributed by atoms with Crippen LogP contribution in [0.4, 0.5) is 0 Å². The first-order valence-corrected chi connectivity index (χ1v) is 11.4. The van der Waals surface area contributed by atoms with Gasteiger partial charge < -0.3 is 10.6 Å². The van der Waals surface area contributed by atoms with Gasteiger partial charge in [0.2, 0.25) is 11.8 Å². The minimum atomic E-state index is -0.398. The van der Waals surface area contributed by atoms with Crippen LogP contribution >= 0.6 is 0 Å². The molecular weight excluding hydrogens is 372 g/mol. The van der Waals surface area contributed by atoms with Gasteiger partial charge in [0.15, 0.2) is 0 Å². The van der Waals surface area contributed by atoms with Crippen molar-refractivity contribution in [2.75, 3.05) is 6.54 Å². The van der Waals surface area contributed by atoms with E-state index in [4.69, 9.17) is 0 Å². The number of hydrogen-bond donors (Lipinski definition) is 2. The molecule has 0 aromatic heterocycles. The van der Waals surface area contributed by atoms with Gasteiger partial charge in [-0.05, 0) is 53.4 Å². The van der Waals surface area contributed by atoms with Crippen molar-refractivity contribution in [1.29, 1.82) is 0 Å². The smallest absolute Gasteiger partial charge is 0.242 e. The molecule has 4 aliphatic carbocycles. The third-order valence-electron chi connectivity index (χ3n) is 7.47. The fourth-order valence-corrected chi connectivity index (χ4v) is 6.21. The maximum Gasteiger partial charge on any atom is 0.242 e. The maximum atomic E-state index is 13.1. The van der Waals surface area contributed by atoms with Crippen LogP contribution in [-0.4, -0.2) is 24.4 Å². The molecule has 6 rings (SSSR count). The molecule has 4 heteroatoms. The molecule has 0 aliphatic heterocycles. The van der Waals surface area contributed by atoms with Gasteiger partial charge in [-0.15, -0.1) is 0 Å². The molecule has 0 spiro atoms. The van der Waals surface area contributed by atoms with Crippen LogP contribution in [0.3, 0.4) is 0 Å². The molecule has 2 aromatic rings. The maximum absolute atomic E-state index is 13.1. The minimum absolute atomic E-state index is 0.0138. The average Bonchev–Trinajstić information content (AvgIpc) is 3.30. The standard InChI is InChI=1S/C26H30N2O2/c1-16(29)28-25(17-8-2-3-9-17)26(30)27-15-18-14-23-19-10-4-6-12-21(19)24(18)22-13-7-5-11-20(22)23/h4-7,10-13,17-18,23-25H,2-3,8-9,14-15H2,1H3,(H,27,30)(H,28,29). The molecular formula is C26H30N2O2. The van der Waals surface area contributed by atoms with Crippen LogP contribution in [0.25, 0.3) is 0 Å². The summed E-state index contributed by atoms with van der Waals surface area (Å²) < 4.78 is 0.